The van der Waals surface area contributed by atoms with E-state index < -0.39 is 35.2 Å². The average Bonchev–Trinajstić information content (AvgIpc) is 3.77. The number of alkyl carbamates (subject to hydrolysis) is 1. The van der Waals surface area contributed by atoms with Gasteiger partial charge in [0.2, 0.25) is 17.1 Å². The number of amides is 1. The van der Waals surface area contributed by atoms with Crippen LogP contribution >= 0.6 is 0 Å². The summed E-state index contributed by atoms with van der Waals surface area (Å²) >= 11 is 0. The number of carbonyl (C=O) groups is 2. The summed E-state index contributed by atoms with van der Waals surface area (Å²) in [4.78, 5) is 38.2. The van der Waals surface area contributed by atoms with Gasteiger partial charge < -0.3 is 41.0 Å². The van der Waals surface area contributed by atoms with Crippen LogP contribution < -0.4 is 32.3 Å². The number of nitrogens with zero attached hydrogens (tertiary/aromatic N) is 6. The molecular formula is C40H52N11O6+. The van der Waals surface area contributed by atoms with Gasteiger partial charge in [-0.2, -0.15) is 0 Å². The van der Waals surface area contributed by atoms with E-state index in [2.05, 4.69) is 35.5 Å². The summed E-state index contributed by atoms with van der Waals surface area (Å²) in [7, 11) is 1.99. The van der Waals surface area contributed by atoms with Crippen molar-refractivity contribution in [3.05, 3.63) is 81.5 Å². The molecule has 17 heteroatoms. The number of aliphatic imine (C=N–C) groups is 1. The largest absolute Gasteiger partial charge is 0.505 e. The Morgan fingerprint density at radius 3 is 2.54 bits per heavy atom. The van der Waals surface area contributed by atoms with Crippen molar-refractivity contribution in [1.82, 2.24) is 16.0 Å². The number of unbranched alkanes of at least 4 members (excludes halogenated alkanes) is 4. The number of anilines is 1. The summed E-state index contributed by atoms with van der Waals surface area (Å²) in [6.45, 7) is 19.8. The number of allylic oxidation sites excluding steroid dienone is 1. The number of nitrogens with two attached hydrogens (primary N) is 2. The Labute approximate surface area is 333 Å². The quantitative estimate of drug-likeness (QED) is 0.0398. The minimum atomic E-state index is -2.15. The first-order valence-electron chi connectivity index (χ1n) is 19.1. The van der Waals surface area contributed by atoms with Crippen molar-refractivity contribution in [1.29, 1.82) is 5.26 Å². The maximum atomic E-state index is 12.5. The number of aliphatic hydroxyl groups is 2. The van der Waals surface area contributed by atoms with E-state index in [9.17, 15) is 25.1 Å². The summed E-state index contributed by atoms with van der Waals surface area (Å²) in [6, 6.07) is 8.35. The predicted octanol–water partition coefficient (Wildman–Crippen LogP) is 2.56. The van der Waals surface area contributed by atoms with E-state index in [1.807, 2.05) is 43.5 Å². The fourth-order valence-corrected chi connectivity index (χ4v) is 7.75. The van der Waals surface area contributed by atoms with Crippen molar-refractivity contribution in [2.24, 2.45) is 16.5 Å². The van der Waals surface area contributed by atoms with Crippen molar-refractivity contribution < 1.29 is 33.9 Å². The SMILES string of the molecule is [C-]#[N+]C1=C(/C=C/c2ccc(N(C)CCCC(=O)CCCCCCCNC(=O)OCC3NC(N)=[N+]4CCC(O)(O)C45NC(N)=NC35)cc2)C(C)(C)O/C1=C(\C#N)[N+]#[C-]. The van der Waals surface area contributed by atoms with Gasteiger partial charge in [-0.05, 0) is 50.8 Å². The van der Waals surface area contributed by atoms with Crippen LogP contribution in [0.1, 0.15) is 77.2 Å². The van der Waals surface area contributed by atoms with Crippen molar-refractivity contribution in [3.8, 4) is 6.07 Å². The van der Waals surface area contributed by atoms with Crippen LogP contribution in [0.15, 0.2) is 58.1 Å². The first-order chi connectivity index (χ1) is 27.2. The lowest BCUT2D eigenvalue weighted by Crippen LogP contribution is -2.77. The first-order valence-corrected chi connectivity index (χ1v) is 19.1. The summed E-state index contributed by atoms with van der Waals surface area (Å²) in [5.74, 6) is -1.61. The number of Topliss-reactive ketones (excluding diaryl/α,β-unsaturated/α-hetero) is 1. The van der Waals surface area contributed by atoms with Crippen LogP contribution in [-0.4, -0.2) is 101 Å². The number of hydrogen-bond acceptors (Lipinski definition) is 13. The van der Waals surface area contributed by atoms with Crippen molar-refractivity contribution in [2.45, 2.75) is 101 Å². The molecule has 1 fully saturated rings. The molecule has 0 bridgehead atoms. The van der Waals surface area contributed by atoms with Crippen LogP contribution in [0.25, 0.3) is 15.8 Å². The van der Waals surface area contributed by atoms with Gasteiger partial charge in [0.25, 0.3) is 5.70 Å². The van der Waals surface area contributed by atoms with Crippen LogP contribution in [0, 0.1) is 24.5 Å². The Bertz CT molecular complexity index is 1980. The van der Waals surface area contributed by atoms with Gasteiger partial charge in [-0.15, -0.1) is 0 Å². The molecule has 302 valence electrons. The van der Waals surface area contributed by atoms with E-state index >= 15 is 0 Å². The Balaban J connectivity index is 0.928. The molecule has 4 aliphatic heterocycles. The lowest BCUT2D eigenvalue weighted by Gasteiger charge is -2.42. The molecule has 5 rings (SSSR count). The number of nitriles is 1. The highest BCUT2D eigenvalue weighted by atomic mass is 16.5. The summed E-state index contributed by atoms with van der Waals surface area (Å²) < 4.78 is 12.8. The van der Waals surface area contributed by atoms with E-state index in [4.69, 9.17) is 34.1 Å². The molecule has 3 unspecified atom stereocenters. The van der Waals surface area contributed by atoms with E-state index in [1.54, 1.807) is 24.5 Å². The monoisotopic (exact) mass is 782 g/mol. The van der Waals surface area contributed by atoms with E-state index in [1.165, 1.54) is 0 Å². The van der Waals surface area contributed by atoms with Gasteiger partial charge in [0, 0.05) is 50.7 Å². The van der Waals surface area contributed by atoms with Gasteiger partial charge in [-0.25, -0.2) is 29.3 Å². The van der Waals surface area contributed by atoms with Gasteiger partial charge in [0.15, 0.2) is 12.0 Å². The molecule has 57 heavy (non-hydrogen) atoms. The number of hydrogen-bond donors (Lipinski definition) is 7. The molecule has 4 aliphatic rings. The van der Waals surface area contributed by atoms with Crippen molar-refractivity contribution >= 4 is 35.6 Å². The van der Waals surface area contributed by atoms with E-state index in [0.29, 0.717) is 25.0 Å². The van der Waals surface area contributed by atoms with Gasteiger partial charge in [0.05, 0.1) is 25.8 Å². The molecule has 1 spiro atoms. The van der Waals surface area contributed by atoms with E-state index in [-0.39, 0.29) is 54.4 Å². The molecule has 17 nitrogen and oxygen atoms in total. The maximum Gasteiger partial charge on any atom is 0.407 e. The fourth-order valence-electron chi connectivity index (χ4n) is 7.75. The molecule has 0 saturated carbocycles. The number of ether oxygens (including phenoxy) is 2. The van der Waals surface area contributed by atoms with Crippen molar-refractivity contribution in [3.63, 3.8) is 0 Å². The van der Waals surface area contributed by atoms with Crippen LogP contribution in [-0.2, 0) is 14.3 Å². The lowest BCUT2D eigenvalue weighted by atomic mass is 9.87. The lowest BCUT2D eigenvalue weighted by molar-refractivity contribution is -0.623. The standard InChI is InChI=1S/C40H51N11O6/c1-38(2)29(32(45-4)33(57-38)30(24-41)44-3)19-16-26-14-17-27(18-15-26)50(5)22-11-13-28(52)12-9-7-6-8-10-21-46-37(53)56-25-31-34-40(49-35(42)48-34)39(54,55)20-23-51(40)36(43)47-31/h14-19,31,34,54-55H,6-13,20-23,25H2,1-2,5H3,(H6,42,43,46,47,48,49,53)/p+1/b19-16+,33-30+. The number of nitrogens with one attached hydrogen (secondary N) is 3. The second kappa shape index (κ2) is 17.8. The second-order valence-corrected chi connectivity index (χ2v) is 15.1. The normalized spacial score (nSPS) is 23.5. The molecule has 9 N–H and O–H groups in total. The summed E-state index contributed by atoms with van der Waals surface area (Å²) in [5.41, 5.74) is 12.3. The highest BCUT2D eigenvalue weighted by Crippen LogP contribution is 2.42. The third kappa shape index (κ3) is 9.15. The smallest absolute Gasteiger partial charge is 0.407 e. The van der Waals surface area contributed by atoms with Crippen LogP contribution in [0.2, 0.25) is 0 Å². The molecule has 1 saturated heterocycles. The summed E-state index contributed by atoms with van der Waals surface area (Å²) in [5, 5.41) is 39.5. The average molecular weight is 783 g/mol. The van der Waals surface area contributed by atoms with Crippen LogP contribution in [0.3, 0.4) is 0 Å². The van der Waals surface area contributed by atoms with Crippen LogP contribution in [0.4, 0.5) is 10.5 Å². The minimum Gasteiger partial charge on any atom is -0.505 e. The molecule has 1 amide bonds. The maximum absolute atomic E-state index is 12.5. The molecule has 1 aromatic rings. The fraction of sp³-hybridized carbons (Fsp3) is 0.525. The van der Waals surface area contributed by atoms with Gasteiger partial charge in [-0.3, -0.25) is 15.8 Å². The Kier molecular flexibility index (Phi) is 13.1. The Hall–Kier alpha value is -6.09. The topological polar surface area (TPSA) is 232 Å². The number of guanidine groups is 2. The molecule has 0 aliphatic carbocycles. The number of benzene rings is 1. The van der Waals surface area contributed by atoms with Gasteiger partial charge in [-0.1, -0.05) is 43.5 Å². The zero-order valence-electron chi connectivity index (χ0n) is 32.7. The molecule has 1 aromatic carbocycles. The third-order valence-electron chi connectivity index (χ3n) is 10.8. The third-order valence-corrected chi connectivity index (χ3v) is 10.8. The minimum absolute atomic E-state index is 0.0251. The molecule has 4 heterocycles. The molecule has 0 aromatic heterocycles. The molecule has 3 atom stereocenters. The first kappa shape index (κ1) is 42.1. The Morgan fingerprint density at radius 2 is 1.84 bits per heavy atom. The number of rotatable bonds is 17. The van der Waals surface area contributed by atoms with Crippen LogP contribution in [0.5, 0.6) is 0 Å². The predicted molar refractivity (Wildman–Crippen MR) is 212 cm³/mol. The zero-order valence-corrected chi connectivity index (χ0v) is 32.7. The highest BCUT2D eigenvalue weighted by molar-refractivity contribution is 5.83. The second-order valence-electron chi connectivity index (χ2n) is 15.1. The summed E-state index contributed by atoms with van der Waals surface area (Å²) in [6.07, 6.45) is 9.29. The molecular weight excluding hydrogens is 731 g/mol. The zero-order chi connectivity index (χ0) is 41.4. The Morgan fingerprint density at radius 1 is 1.14 bits per heavy atom. The number of carbonyl (C=O) groups excluding carboxylic acids is 2. The molecule has 0 radical (unpaired) electrons. The van der Waals surface area contributed by atoms with Crippen molar-refractivity contribution in [2.75, 3.05) is 38.2 Å². The number of ketones is 1. The van der Waals surface area contributed by atoms with Gasteiger partial charge >= 0.3 is 12.1 Å². The highest BCUT2D eigenvalue weighted by Gasteiger charge is 2.71. The van der Waals surface area contributed by atoms with E-state index in [0.717, 1.165) is 56.3 Å². The van der Waals surface area contributed by atoms with Gasteiger partial charge in [0.1, 0.15) is 29.8 Å².